The lowest BCUT2D eigenvalue weighted by Gasteiger charge is -2.30. The van der Waals surface area contributed by atoms with Crippen LogP contribution in [0.4, 0.5) is 17.1 Å². The molecule has 2 aromatic carbocycles. The van der Waals surface area contributed by atoms with Crippen LogP contribution in [0.15, 0.2) is 42.5 Å². The molecule has 0 aliphatic heterocycles. The van der Waals surface area contributed by atoms with E-state index in [0.717, 1.165) is 27.8 Å². The van der Waals surface area contributed by atoms with Crippen molar-refractivity contribution in [3.63, 3.8) is 0 Å². The largest absolute Gasteiger partial charge is 0.324 e. The van der Waals surface area contributed by atoms with Gasteiger partial charge in [0.25, 0.3) is 5.69 Å². The smallest absolute Gasteiger partial charge is 0.271 e. The molecular formula is C19H23N3O5S. The number of rotatable bonds is 7. The Morgan fingerprint density at radius 1 is 1.21 bits per heavy atom. The monoisotopic (exact) mass is 405 g/mol. The van der Waals surface area contributed by atoms with Crippen LogP contribution in [0.5, 0.6) is 0 Å². The van der Waals surface area contributed by atoms with E-state index in [1.54, 1.807) is 13.0 Å². The van der Waals surface area contributed by atoms with Gasteiger partial charge in [0.15, 0.2) is 0 Å². The van der Waals surface area contributed by atoms with Crippen molar-refractivity contribution >= 4 is 33.0 Å². The summed E-state index contributed by atoms with van der Waals surface area (Å²) >= 11 is 0. The first-order valence-electron chi connectivity index (χ1n) is 8.66. The Labute approximate surface area is 164 Å². The molecule has 0 bridgehead atoms. The molecule has 1 amide bonds. The number of amides is 1. The molecule has 0 fully saturated rings. The normalized spacial score (nSPS) is 12.3. The maximum atomic E-state index is 12.9. The summed E-state index contributed by atoms with van der Waals surface area (Å²) in [5.41, 5.74) is 2.29. The van der Waals surface area contributed by atoms with Crippen molar-refractivity contribution < 1.29 is 18.1 Å². The second kappa shape index (κ2) is 8.39. The standard InChI is InChI=1S/C19H23N3O5S/c1-5-18(19(23)20-17-10-9-13(2)11-14(17)3)21(28(4,26)27)15-7-6-8-16(12-15)22(24)25/h6-12,18H,5H2,1-4H3,(H,20,23)/t18-/m0/s1. The second-order valence-electron chi connectivity index (χ2n) is 6.57. The minimum absolute atomic E-state index is 0.0688. The van der Waals surface area contributed by atoms with Crippen molar-refractivity contribution in [3.05, 3.63) is 63.7 Å². The molecule has 1 atom stereocenters. The van der Waals surface area contributed by atoms with Gasteiger partial charge in [-0.25, -0.2) is 8.42 Å². The van der Waals surface area contributed by atoms with E-state index in [0.29, 0.717) is 5.69 Å². The Kier molecular flexibility index (Phi) is 6.40. The number of nitrogens with zero attached hydrogens (tertiary/aromatic N) is 2. The molecule has 2 aromatic rings. The van der Waals surface area contributed by atoms with Crippen LogP contribution >= 0.6 is 0 Å². The van der Waals surface area contributed by atoms with Gasteiger partial charge < -0.3 is 5.32 Å². The molecule has 0 aliphatic rings. The molecule has 0 saturated carbocycles. The molecule has 2 rings (SSSR count). The summed E-state index contributed by atoms with van der Waals surface area (Å²) < 4.78 is 25.8. The van der Waals surface area contributed by atoms with Gasteiger partial charge in [0.05, 0.1) is 16.9 Å². The lowest BCUT2D eigenvalue weighted by molar-refractivity contribution is -0.384. The van der Waals surface area contributed by atoms with Gasteiger partial charge in [-0.3, -0.25) is 19.2 Å². The van der Waals surface area contributed by atoms with Crippen molar-refractivity contribution in [1.29, 1.82) is 0 Å². The average Bonchev–Trinajstić information content (AvgIpc) is 2.60. The number of aryl methyl sites for hydroxylation is 2. The molecule has 0 aromatic heterocycles. The number of non-ortho nitro benzene ring substituents is 1. The summed E-state index contributed by atoms with van der Waals surface area (Å²) in [4.78, 5) is 23.4. The lowest BCUT2D eigenvalue weighted by atomic mass is 10.1. The topological polar surface area (TPSA) is 110 Å². The van der Waals surface area contributed by atoms with Gasteiger partial charge in [0, 0.05) is 17.8 Å². The Hall–Kier alpha value is -2.94. The predicted molar refractivity (Wildman–Crippen MR) is 109 cm³/mol. The van der Waals surface area contributed by atoms with Crippen molar-refractivity contribution in [2.75, 3.05) is 15.9 Å². The maximum absolute atomic E-state index is 12.9. The van der Waals surface area contributed by atoms with E-state index in [9.17, 15) is 23.3 Å². The van der Waals surface area contributed by atoms with Gasteiger partial charge in [0.1, 0.15) is 6.04 Å². The van der Waals surface area contributed by atoms with Crippen LogP contribution in [0.3, 0.4) is 0 Å². The molecule has 1 N–H and O–H groups in total. The highest BCUT2D eigenvalue weighted by molar-refractivity contribution is 7.92. The number of nitrogens with one attached hydrogen (secondary N) is 1. The van der Waals surface area contributed by atoms with Gasteiger partial charge in [-0.05, 0) is 38.0 Å². The zero-order valence-corrected chi connectivity index (χ0v) is 17.0. The fraction of sp³-hybridized carbons (Fsp3) is 0.316. The Balaban J connectivity index is 2.44. The molecule has 8 nitrogen and oxygen atoms in total. The van der Waals surface area contributed by atoms with Crippen LogP contribution in [0.25, 0.3) is 0 Å². The highest BCUT2D eigenvalue weighted by Gasteiger charge is 2.32. The molecular weight excluding hydrogens is 382 g/mol. The van der Waals surface area contributed by atoms with E-state index >= 15 is 0 Å². The van der Waals surface area contributed by atoms with Crippen LogP contribution in [0.1, 0.15) is 24.5 Å². The van der Waals surface area contributed by atoms with E-state index in [-0.39, 0.29) is 17.8 Å². The highest BCUT2D eigenvalue weighted by Crippen LogP contribution is 2.27. The predicted octanol–water partition coefficient (Wildman–Crippen LogP) is 3.39. The Morgan fingerprint density at radius 3 is 2.43 bits per heavy atom. The number of nitro benzene ring substituents is 1. The van der Waals surface area contributed by atoms with Crippen LogP contribution in [-0.2, 0) is 14.8 Å². The number of nitro groups is 1. The molecule has 28 heavy (non-hydrogen) atoms. The summed E-state index contributed by atoms with van der Waals surface area (Å²) in [6.07, 6.45) is 1.16. The van der Waals surface area contributed by atoms with Crippen molar-refractivity contribution in [1.82, 2.24) is 0 Å². The highest BCUT2D eigenvalue weighted by atomic mass is 32.2. The number of benzene rings is 2. The number of hydrogen-bond acceptors (Lipinski definition) is 5. The number of sulfonamides is 1. The van der Waals surface area contributed by atoms with E-state index < -0.39 is 26.9 Å². The molecule has 0 aliphatic carbocycles. The molecule has 0 heterocycles. The molecule has 9 heteroatoms. The van der Waals surface area contributed by atoms with Crippen molar-refractivity contribution in [2.24, 2.45) is 0 Å². The average molecular weight is 405 g/mol. The number of carbonyl (C=O) groups excluding carboxylic acids is 1. The van der Waals surface area contributed by atoms with Crippen LogP contribution in [0, 0.1) is 24.0 Å². The number of hydrogen-bond donors (Lipinski definition) is 1. The third-order valence-electron chi connectivity index (χ3n) is 4.26. The minimum atomic E-state index is -3.88. The third-order valence-corrected chi connectivity index (χ3v) is 5.44. The van der Waals surface area contributed by atoms with E-state index in [1.165, 1.54) is 18.2 Å². The summed E-state index contributed by atoms with van der Waals surface area (Å²) in [5.74, 6) is -0.508. The van der Waals surface area contributed by atoms with Gasteiger partial charge >= 0.3 is 0 Å². The summed E-state index contributed by atoms with van der Waals surface area (Å²) in [5, 5.41) is 13.8. The van der Waals surface area contributed by atoms with Crippen LogP contribution < -0.4 is 9.62 Å². The number of carbonyl (C=O) groups is 1. The second-order valence-corrected chi connectivity index (χ2v) is 8.43. The Morgan fingerprint density at radius 2 is 1.89 bits per heavy atom. The van der Waals surface area contributed by atoms with E-state index in [2.05, 4.69) is 5.32 Å². The molecule has 0 saturated heterocycles. The van der Waals surface area contributed by atoms with E-state index in [1.807, 2.05) is 26.0 Å². The first-order valence-corrected chi connectivity index (χ1v) is 10.5. The summed E-state index contributed by atoms with van der Waals surface area (Å²) in [6.45, 7) is 5.46. The van der Waals surface area contributed by atoms with Crippen LogP contribution in [0.2, 0.25) is 0 Å². The fourth-order valence-corrected chi connectivity index (χ4v) is 4.18. The van der Waals surface area contributed by atoms with Gasteiger partial charge in [0.2, 0.25) is 15.9 Å². The van der Waals surface area contributed by atoms with E-state index in [4.69, 9.17) is 0 Å². The molecule has 150 valence electrons. The summed E-state index contributed by atoms with van der Waals surface area (Å²) in [7, 11) is -3.88. The number of anilines is 2. The third kappa shape index (κ3) is 4.86. The zero-order valence-electron chi connectivity index (χ0n) is 16.2. The SMILES string of the molecule is CC[C@@H](C(=O)Nc1ccc(C)cc1C)N(c1cccc([N+](=O)[O-])c1)S(C)(=O)=O. The molecule has 0 radical (unpaired) electrons. The molecule has 0 spiro atoms. The van der Waals surface area contributed by atoms with Crippen LogP contribution in [-0.4, -0.2) is 31.5 Å². The first kappa shape index (κ1) is 21.4. The lowest BCUT2D eigenvalue weighted by Crippen LogP contribution is -2.47. The van der Waals surface area contributed by atoms with Crippen molar-refractivity contribution in [3.8, 4) is 0 Å². The maximum Gasteiger partial charge on any atom is 0.271 e. The fourth-order valence-electron chi connectivity index (χ4n) is 2.97. The zero-order chi connectivity index (χ0) is 21.1. The van der Waals surface area contributed by atoms with Crippen molar-refractivity contribution in [2.45, 2.75) is 33.2 Å². The Bertz CT molecular complexity index is 1000. The van der Waals surface area contributed by atoms with Gasteiger partial charge in [-0.1, -0.05) is 30.7 Å². The molecule has 0 unspecified atom stereocenters. The van der Waals surface area contributed by atoms with Gasteiger partial charge in [-0.15, -0.1) is 0 Å². The minimum Gasteiger partial charge on any atom is -0.324 e. The summed E-state index contributed by atoms with van der Waals surface area (Å²) in [6, 6.07) is 9.69. The first-order chi connectivity index (χ1) is 13.0. The van der Waals surface area contributed by atoms with Gasteiger partial charge in [-0.2, -0.15) is 0 Å². The quantitative estimate of drug-likeness (QED) is 0.561.